The molecular formula is C21H23Cl2N3O. The average molecular weight is 404 g/mol. The molecule has 27 heavy (non-hydrogen) atoms. The molecule has 6 heteroatoms. The summed E-state index contributed by atoms with van der Waals surface area (Å²) in [6, 6.07) is 8.09. The SMILES string of the molecule is CC(=O)[C@H]1CN(C2c3ccc(Cl)cc3CCc3cc(Cl)cnc32)CCN1C. The van der Waals surface area contributed by atoms with E-state index in [9.17, 15) is 4.79 Å². The van der Waals surface area contributed by atoms with Crippen LogP contribution in [0.2, 0.25) is 10.0 Å². The summed E-state index contributed by atoms with van der Waals surface area (Å²) in [5.74, 6) is 0.205. The topological polar surface area (TPSA) is 36.4 Å². The van der Waals surface area contributed by atoms with E-state index >= 15 is 0 Å². The minimum absolute atomic E-state index is 0.0163. The van der Waals surface area contributed by atoms with E-state index in [1.165, 1.54) is 16.7 Å². The fraction of sp³-hybridized carbons (Fsp3) is 0.429. The molecule has 0 radical (unpaired) electrons. The number of benzene rings is 1. The molecule has 4 nitrogen and oxygen atoms in total. The van der Waals surface area contributed by atoms with Crippen molar-refractivity contribution in [3.8, 4) is 0 Å². The minimum Gasteiger partial charge on any atom is -0.298 e. The second-order valence-corrected chi connectivity index (χ2v) is 8.42. The summed E-state index contributed by atoms with van der Waals surface area (Å²) >= 11 is 12.5. The number of ketones is 1. The number of pyridine rings is 1. The van der Waals surface area contributed by atoms with Gasteiger partial charge < -0.3 is 0 Å². The van der Waals surface area contributed by atoms with Gasteiger partial charge in [-0.05, 0) is 61.7 Å². The molecule has 1 aliphatic carbocycles. The maximum Gasteiger partial charge on any atom is 0.148 e. The van der Waals surface area contributed by atoms with Crippen molar-refractivity contribution in [2.75, 3.05) is 26.7 Å². The number of carbonyl (C=O) groups excluding carboxylic acids is 1. The lowest BCUT2D eigenvalue weighted by Gasteiger charge is -2.42. The Kier molecular flexibility index (Phi) is 5.26. The number of nitrogens with zero attached hydrogens (tertiary/aromatic N) is 3. The van der Waals surface area contributed by atoms with Crippen molar-refractivity contribution in [1.29, 1.82) is 0 Å². The molecule has 1 unspecified atom stereocenters. The highest BCUT2D eigenvalue weighted by atomic mass is 35.5. The van der Waals surface area contributed by atoms with Gasteiger partial charge in [0.05, 0.1) is 22.8 Å². The predicted octanol–water partition coefficient (Wildman–Crippen LogP) is 3.78. The van der Waals surface area contributed by atoms with Gasteiger partial charge in [0.15, 0.2) is 0 Å². The quantitative estimate of drug-likeness (QED) is 0.764. The lowest BCUT2D eigenvalue weighted by Crippen LogP contribution is -2.55. The van der Waals surface area contributed by atoms with Crippen molar-refractivity contribution in [1.82, 2.24) is 14.8 Å². The van der Waals surface area contributed by atoms with E-state index in [4.69, 9.17) is 28.2 Å². The molecule has 1 aromatic heterocycles. The minimum atomic E-state index is -0.0893. The Morgan fingerprint density at radius 2 is 1.85 bits per heavy atom. The van der Waals surface area contributed by atoms with Gasteiger partial charge in [-0.1, -0.05) is 29.3 Å². The summed E-state index contributed by atoms with van der Waals surface area (Å²) in [5, 5.41) is 1.42. The fourth-order valence-corrected chi connectivity index (χ4v) is 4.73. The molecule has 1 fully saturated rings. The van der Waals surface area contributed by atoms with Gasteiger partial charge in [-0.3, -0.25) is 19.6 Å². The van der Waals surface area contributed by atoms with E-state index in [0.29, 0.717) is 11.6 Å². The zero-order valence-electron chi connectivity index (χ0n) is 15.6. The third-order valence-electron chi connectivity index (χ3n) is 5.80. The van der Waals surface area contributed by atoms with Gasteiger partial charge in [-0.2, -0.15) is 0 Å². The van der Waals surface area contributed by atoms with E-state index in [2.05, 4.69) is 21.9 Å². The number of aromatic nitrogens is 1. The van der Waals surface area contributed by atoms with Gasteiger partial charge >= 0.3 is 0 Å². The molecule has 2 aliphatic rings. The number of piperazine rings is 1. The number of rotatable bonds is 2. The molecule has 2 aromatic rings. The van der Waals surface area contributed by atoms with E-state index in [1.54, 1.807) is 13.1 Å². The van der Waals surface area contributed by atoms with Gasteiger partial charge in [0.1, 0.15) is 5.78 Å². The van der Waals surface area contributed by atoms with Gasteiger partial charge in [-0.25, -0.2) is 0 Å². The van der Waals surface area contributed by atoms with E-state index in [-0.39, 0.29) is 17.9 Å². The molecule has 0 saturated carbocycles. The van der Waals surface area contributed by atoms with Crippen molar-refractivity contribution in [3.63, 3.8) is 0 Å². The van der Waals surface area contributed by atoms with Crippen LogP contribution in [0.3, 0.4) is 0 Å². The third kappa shape index (κ3) is 3.64. The maximum absolute atomic E-state index is 12.2. The number of Topliss-reactive ketones (excluding diaryl/α,β-unsaturated/α-hetero) is 1. The third-order valence-corrected chi connectivity index (χ3v) is 6.25. The highest BCUT2D eigenvalue weighted by Gasteiger charge is 2.36. The molecule has 2 atom stereocenters. The largest absolute Gasteiger partial charge is 0.298 e. The Labute approximate surface area is 170 Å². The number of likely N-dealkylation sites (N-methyl/N-ethyl adjacent to an activating group) is 1. The summed E-state index contributed by atoms with van der Waals surface area (Å²) < 4.78 is 0. The highest BCUT2D eigenvalue weighted by Crippen LogP contribution is 2.38. The fourth-order valence-electron chi connectivity index (χ4n) is 4.35. The van der Waals surface area contributed by atoms with Crippen LogP contribution in [-0.4, -0.2) is 53.3 Å². The summed E-state index contributed by atoms with van der Waals surface area (Å²) in [4.78, 5) is 21.4. The molecule has 4 rings (SSSR count). The predicted molar refractivity (Wildman–Crippen MR) is 109 cm³/mol. The second-order valence-electron chi connectivity index (χ2n) is 7.55. The first kappa shape index (κ1) is 18.9. The maximum atomic E-state index is 12.2. The van der Waals surface area contributed by atoms with E-state index < -0.39 is 0 Å². The zero-order chi connectivity index (χ0) is 19.1. The van der Waals surface area contributed by atoms with Crippen LogP contribution in [0.15, 0.2) is 30.5 Å². The lowest BCUT2D eigenvalue weighted by molar-refractivity contribution is -0.124. The van der Waals surface area contributed by atoms with Crippen LogP contribution in [0.5, 0.6) is 0 Å². The van der Waals surface area contributed by atoms with Crippen LogP contribution in [0.4, 0.5) is 0 Å². The standard InChI is InChI=1S/C21H23Cl2N3O/c1-13(27)19-12-26(8-7-25(19)2)21-18-6-5-16(22)9-14(18)3-4-15-10-17(23)11-24-20(15)21/h5-6,9-11,19,21H,3-4,7-8,12H2,1-2H3/t19-,21?/m1/s1. The molecule has 1 saturated heterocycles. The van der Waals surface area contributed by atoms with Crippen LogP contribution in [0.1, 0.15) is 35.3 Å². The monoisotopic (exact) mass is 403 g/mol. The van der Waals surface area contributed by atoms with Crippen LogP contribution in [0.25, 0.3) is 0 Å². The van der Waals surface area contributed by atoms with Crippen LogP contribution < -0.4 is 0 Å². The first-order chi connectivity index (χ1) is 12.9. The van der Waals surface area contributed by atoms with Crippen molar-refractivity contribution in [3.05, 3.63) is 62.9 Å². The Hall–Kier alpha value is -1.46. The molecule has 0 amide bonds. The first-order valence-electron chi connectivity index (χ1n) is 9.31. The molecule has 1 aliphatic heterocycles. The van der Waals surface area contributed by atoms with Crippen molar-refractivity contribution in [2.24, 2.45) is 0 Å². The number of aryl methyl sites for hydroxylation is 2. The molecular weight excluding hydrogens is 381 g/mol. The Morgan fingerprint density at radius 1 is 1.11 bits per heavy atom. The average Bonchev–Trinajstić information content (AvgIpc) is 2.78. The van der Waals surface area contributed by atoms with Crippen molar-refractivity contribution >= 4 is 29.0 Å². The zero-order valence-corrected chi connectivity index (χ0v) is 17.1. The molecule has 142 valence electrons. The summed E-state index contributed by atoms with van der Waals surface area (Å²) in [5.41, 5.74) is 4.71. The first-order valence-corrected chi connectivity index (χ1v) is 10.1. The smallest absolute Gasteiger partial charge is 0.148 e. The second kappa shape index (κ2) is 7.51. The lowest BCUT2D eigenvalue weighted by atomic mass is 9.95. The molecule has 1 aromatic carbocycles. The number of carbonyl (C=O) groups is 1. The highest BCUT2D eigenvalue weighted by molar-refractivity contribution is 6.30. The Balaban J connectivity index is 1.82. The van der Waals surface area contributed by atoms with Crippen molar-refractivity contribution in [2.45, 2.75) is 31.8 Å². The van der Waals surface area contributed by atoms with Gasteiger partial charge in [0.2, 0.25) is 0 Å². The molecule has 0 bridgehead atoms. The van der Waals surface area contributed by atoms with E-state index in [1.807, 2.05) is 19.2 Å². The van der Waals surface area contributed by atoms with Gasteiger partial charge in [0, 0.05) is 30.9 Å². The number of fused-ring (bicyclic) bond motifs is 2. The number of halogens is 2. The molecule has 2 heterocycles. The molecule has 0 spiro atoms. The number of hydrogen-bond donors (Lipinski definition) is 0. The van der Waals surface area contributed by atoms with Crippen LogP contribution in [-0.2, 0) is 17.6 Å². The van der Waals surface area contributed by atoms with E-state index in [0.717, 1.165) is 36.6 Å². The summed E-state index contributed by atoms with van der Waals surface area (Å²) in [6.07, 6.45) is 3.52. The summed E-state index contributed by atoms with van der Waals surface area (Å²) in [7, 11) is 2.02. The number of hydrogen-bond acceptors (Lipinski definition) is 4. The Bertz CT molecular complexity index is 832. The van der Waals surface area contributed by atoms with Crippen LogP contribution >= 0.6 is 23.2 Å². The molecule has 0 N–H and O–H groups in total. The Morgan fingerprint density at radius 3 is 2.63 bits per heavy atom. The van der Waals surface area contributed by atoms with Gasteiger partial charge in [0.25, 0.3) is 0 Å². The van der Waals surface area contributed by atoms with Crippen LogP contribution in [0, 0.1) is 0 Å². The van der Waals surface area contributed by atoms with Crippen molar-refractivity contribution < 1.29 is 4.79 Å². The van der Waals surface area contributed by atoms with Gasteiger partial charge in [-0.15, -0.1) is 0 Å². The normalized spacial score (nSPS) is 23.4. The summed E-state index contributed by atoms with van der Waals surface area (Å²) in [6.45, 7) is 4.11.